The van der Waals surface area contributed by atoms with Gasteiger partial charge in [0.15, 0.2) is 0 Å². The topological polar surface area (TPSA) is 22.1 Å². The molecule has 3 aromatic rings. The number of pyridine rings is 1. The second kappa shape index (κ2) is 5.77. The molecule has 2 aromatic carbocycles. The Bertz CT molecular complexity index is 787. The molecule has 0 N–H and O–H groups in total. The number of benzene rings is 2. The lowest BCUT2D eigenvalue weighted by molar-refractivity contribution is 0.449. The summed E-state index contributed by atoms with van der Waals surface area (Å²) in [6.45, 7) is 0. The lowest BCUT2D eigenvalue weighted by atomic mass is 10.2. The molecule has 1 aromatic heterocycles. The molecule has 0 radical (unpaired) electrons. The summed E-state index contributed by atoms with van der Waals surface area (Å²) in [5.74, 6) is -0.967. The van der Waals surface area contributed by atoms with Gasteiger partial charge in [-0.1, -0.05) is 34.1 Å². The maximum Gasteiger partial charge on any atom is 0.223 e. The van der Waals surface area contributed by atoms with Crippen LogP contribution in [0.1, 0.15) is 5.56 Å². The quantitative estimate of drug-likeness (QED) is 0.606. The molecule has 5 heteroatoms. The van der Waals surface area contributed by atoms with Gasteiger partial charge in [0, 0.05) is 34.5 Å². The molecule has 0 spiro atoms. The molecule has 2 nitrogen and oxygen atoms in total. The number of aromatic nitrogens is 1. The van der Waals surface area contributed by atoms with E-state index in [-0.39, 0.29) is 5.75 Å². The zero-order valence-corrected chi connectivity index (χ0v) is 12.4. The number of alkyl halides is 1. The van der Waals surface area contributed by atoms with Gasteiger partial charge in [-0.3, -0.25) is 0 Å². The van der Waals surface area contributed by atoms with E-state index in [9.17, 15) is 8.78 Å². The van der Waals surface area contributed by atoms with E-state index in [4.69, 9.17) is 4.74 Å². The third-order valence-electron chi connectivity index (χ3n) is 2.96. The van der Waals surface area contributed by atoms with E-state index in [1.54, 1.807) is 0 Å². The largest absolute Gasteiger partial charge is 0.438 e. The molecule has 0 bridgehead atoms. The molecule has 0 aliphatic carbocycles. The van der Waals surface area contributed by atoms with Crippen molar-refractivity contribution in [1.82, 2.24) is 4.98 Å². The molecule has 1 heterocycles. The molecule has 0 unspecified atom stereocenters. The van der Waals surface area contributed by atoms with Crippen LogP contribution in [0.15, 0.2) is 48.5 Å². The van der Waals surface area contributed by atoms with Crippen LogP contribution in [0.5, 0.6) is 11.6 Å². The first kappa shape index (κ1) is 13.9. The van der Waals surface area contributed by atoms with Gasteiger partial charge in [-0.2, -0.15) is 0 Å². The standard InChI is InChI=1S/C16H10BrF2NO/c17-9-11-5-10-3-1-2-4-15(10)20-16(11)21-14-7-12(18)6-13(19)8-14/h1-8H,9H2. The second-order valence-corrected chi connectivity index (χ2v) is 5.05. The van der Waals surface area contributed by atoms with E-state index in [1.807, 2.05) is 30.3 Å². The third-order valence-corrected chi connectivity index (χ3v) is 3.56. The van der Waals surface area contributed by atoms with Gasteiger partial charge in [-0.05, 0) is 12.1 Å². The predicted molar refractivity (Wildman–Crippen MR) is 80.8 cm³/mol. The first-order valence-corrected chi connectivity index (χ1v) is 7.36. The van der Waals surface area contributed by atoms with Crippen molar-refractivity contribution in [1.29, 1.82) is 0 Å². The number of fused-ring (bicyclic) bond motifs is 1. The van der Waals surface area contributed by atoms with Gasteiger partial charge in [0.1, 0.15) is 17.4 Å². The molecule has 0 saturated heterocycles. The lowest BCUT2D eigenvalue weighted by Gasteiger charge is -2.10. The fourth-order valence-corrected chi connectivity index (χ4v) is 2.43. The van der Waals surface area contributed by atoms with Crippen LogP contribution in [0.3, 0.4) is 0 Å². The van der Waals surface area contributed by atoms with Crippen LogP contribution in [0.2, 0.25) is 0 Å². The van der Waals surface area contributed by atoms with Crippen molar-refractivity contribution in [2.24, 2.45) is 0 Å². The number of hydrogen-bond donors (Lipinski definition) is 0. The van der Waals surface area contributed by atoms with Crippen molar-refractivity contribution < 1.29 is 13.5 Å². The molecule has 3 rings (SSSR count). The minimum absolute atomic E-state index is 0.0810. The van der Waals surface area contributed by atoms with Crippen LogP contribution in [0.25, 0.3) is 10.9 Å². The van der Waals surface area contributed by atoms with E-state index < -0.39 is 11.6 Å². The van der Waals surface area contributed by atoms with Gasteiger partial charge in [-0.15, -0.1) is 0 Å². The molecule has 0 atom stereocenters. The van der Waals surface area contributed by atoms with Gasteiger partial charge in [-0.25, -0.2) is 13.8 Å². The van der Waals surface area contributed by atoms with Crippen molar-refractivity contribution in [2.75, 3.05) is 0 Å². The van der Waals surface area contributed by atoms with Gasteiger partial charge in [0.2, 0.25) is 5.88 Å². The highest BCUT2D eigenvalue weighted by molar-refractivity contribution is 9.08. The molecular weight excluding hydrogens is 340 g/mol. The zero-order chi connectivity index (χ0) is 14.8. The summed E-state index contributed by atoms with van der Waals surface area (Å²) in [6, 6.07) is 12.6. The monoisotopic (exact) mass is 349 g/mol. The predicted octanol–water partition coefficient (Wildman–Crippen LogP) is 5.20. The van der Waals surface area contributed by atoms with E-state index in [0.29, 0.717) is 11.2 Å². The van der Waals surface area contributed by atoms with E-state index in [1.165, 1.54) is 0 Å². The van der Waals surface area contributed by atoms with Gasteiger partial charge < -0.3 is 4.74 Å². The molecule has 0 aliphatic rings. The first-order valence-electron chi connectivity index (χ1n) is 6.24. The van der Waals surface area contributed by atoms with Gasteiger partial charge >= 0.3 is 0 Å². The maximum atomic E-state index is 13.2. The minimum atomic E-state index is -0.689. The Kier molecular flexibility index (Phi) is 3.84. The summed E-state index contributed by atoms with van der Waals surface area (Å²) in [5, 5.41) is 1.50. The van der Waals surface area contributed by atoms with Crippen molar-refractivity contribution in [3.05, 3.63) is 65.7 Å². The average molecular weight is 350 g/mol. The average Bonchev–Trinajstić information content (AvgIpc) is 2.45. The zero-order valence-electron chi connectivity index (χ0n) is 10.8. The molecule has 21 heavy (non-hydrogen) atoms. The van der Waals surface area contributed by atoms with E-state index >= 15 is 0 Å². The maximum absolute atomic E-state index is 13.2. The number of rotatable bonds is 3. The number of nitrogens with zero attached hydrogens (tertiary/aromatic N) is 1. The summed E-state index contributed by atoms with van der Waals surface area (Å²) in [6.07, 6.45) is 0. The number of para-hydroxylation sites is 1. The van der Waals surface area contributed by atoms with Crippen LogP contribution in [0, 0.1) is 11.6 Å². The minimum Gasteiger partial charge on any atom is -0.438 e. The fourth-order valence-electron chi connectivity index (χ4n) is 2.03. The lowest BCUT2D eigenvalue weighted by Crippen LogP contribution is -1.95. The first-order chi connectivity index (χ1) is 10.2. The fraction of sp³-hybridized carbons (Fsp3) is 0.0625. The second-order valence-electron chi connectivity index (χ2n) is 4.49. The third kappa shape index (κ3) is 3.03. The Hall–Kier alpha value is -2.01. The van der Waals surface area contributed by atoms with Crippen molar-refractivity contribution >= 4 is 26.8 Å². The van der Waals surface area contributed by atoms with Crippen molar-refractivity contribution in [3.63, 3.8) is 0 Å². The molecule has 0 aliphatic heterocycles. The Labute approximate surface area is 128 Å². The Morgan fingerprint density at radius 1 is 1.00 bits per heavy atom. The summed E-state index contributed by atoms with van der Waals surface area (Å²) in [7, 11) is 0. The number of hydrogen-bond acceptors (Lipinski definition) is 2. The van der Waals surface area contributed by atoms with Crippen LogP contribution < -0.4 is 4.74 Å². The van der Waals surface area contributed by atoms with Crippen molar-refractivity contribution in [2.45, 2.75) is 5.33 Å². The summed E-state index contributed by atoms with van der Waals surface area (Å²) in [5.41, 5.74) is 1.56. The molecule has 0 fully saturated rings. The van der Waals surface area contributed by atoms with Crippen LogP contribution in [-0.4, -0.2) is 4.98 Å². The van der Waals surface area contributed by atoms with Crippen LogP contribution in [-0.2, 0) is 5.33 Å². The highest BCUT2D eigenvalue weighted by atomic mass is 79.9. The Morgan fingerprint density at radius 3 is 2.43 bits per heavy atom. The van der Waals surface area contributed by atoms with Gasteiger partial charge in [0.05, 0.1) is 5.52 Å². The Balaban J connectivity index is 2.06. The van der Waals surface area contributed by atoms with E-state index in [0.717, 1.165) is 34.7 Å². The smallest absolute Gasteiger partial charge is 0.223 e. The number of halogens is 3. The molecule has 0 amide bonds. The Morgan fingerprint density at radius 2 is 1.71 bits per heavy atom. The van der Waals surface area contributed by atoms with Crippen LogP contribution >= 0.6 is 15.9 Å². The molecule has 106 valence electrons. The summed E-state index contributed by atoms with van der Waals surface area (Å²) in [4.78, 5) is 4.40. The molecule has 0 saturated carbocycles. The van der Waals surface area contributed by atoms with Crippen molar-refractivity contribution in [3.8, 4) is 11.6 Å². The summed E-state index contributed by atoms with van der Waals surface area (Å²) >= 11 is 3.37. The highest BCUT2D eigenvalue weighted by Gasteiger charge is 2.10. The summed E-state index contributed by atoms with van der Waals surface area (Å²) < 4.78 is 32.0. The normalized spacial score (nSPS) is 10.8. The number of ether oxygens (including phenoxy) is 1. The molecular formula is C16H10BrF2NO. The highest BCUT2D eigenvalue weighted by Crippen LogP contribution is 2.29. The van der Waals surface area contributed by atoms with Crippen LogP contribution in [0.4, 0.5) is 8.78 Å². The SMILES string of the molecule is Fc1cc(F)cc(Oc2nc3ccccc3cc2CBr)c1. The van der Waals surface area contributed by atoms with E-state index in [2.05, 4.69) is 20.9 Å². The van der Waals surface area contributed by atoms with Gasteiger partial charge in [0.25, 0.3) is 0 Å².